The van der Waals surface area contributed by atoms with Crippen molar-refractivity contribution in [1.29, 1.82) is 0 Å². The van der Waals surface area contributed by atoms with E-state index in [0.29, 0.717) is 18.9 Å². The van der Waals surface area contributed by atoms with Crippen LogP contribution < -0.4 is 5.73 Å². The third-order valence-corrected chi connectivity index (χ3v) is 2.98. The monoisotopic (exact) mass is 298 g/mol. The van der Waals surface area contributed by atoms with Crippen LogP contribution in [0, 0.1) is 0 Å². The fourth-order valence-corrected chi connectivity index (χ4v) is 1.89. The highest BCUT2D eigenvalue weighted by Crippen LogP contribution is 2.19. The molecule has 0 aliphatic heterocycles. The van der Waals surface area contributed by atoms with Crippen LogP contribution in [-0.4, -0.2) is 46.4 Å². The molecule has 0 saturated carbocycles. The number of carbonyl (C=O) groups is 1. The Morgan fingerprint density at radius 2 is 1.95 bits per heavy atom. The van der Waals surface area contributed by atoms with Crippen LogP contribution in [-0.2, 0) is 13.7 Å². The molecule has 0 radical (unpaired) electrons. The first-order valence-electron chi connectivity index (χ1n) is 6.20. The molecule has 1 aromatic carbocycles. The second kappa shape index (κ2) is 12.8. The van der Waals surface area contributed by atoms with E-state index in [-0.39, 0.29) is 0 Å². The molecule has 20 heavy (non-hydrogen) atoms. The van der Waals surface area contributed by atoms with Crippen molar-refractivity contribution in [2.45, 2.75) is 11.3 Å². The third-order valence-electron chi connectivity index (χ3n) is 2.23. The van der Waals surface area contributed by atoms with Crippen molar-refractivity contribution in [3.05, 3.63) is 29.8 Å². The summed E-state index contributed by atoms with van der Waals surface area (Å²) in [7, 11) is 4.77. The lowest BCUT2D eigenvalue weighted by molar-refractivity contribution is -0.102. The molecule has 0 fully saturated rings. The predicted octanol–water partition coefficient (Wildman–Crippen LogP) is 1.94. The zero-order chi connectivity index (χ0) is 15.2. The molecular formula is C14H22N2O3S. The van der Waals surface area contributed by atoms with Crippen molar-refractivity contribution in [3.8, 4) is 0 Å². The summed E-state index contributed by atoms with van der Waals surface area (Å²) in [6.07, 6.45) is 1.63. The van der Waals surface area contributed by atoms with Crippen molar-refractivity contribution >= 4 is 24.0 Å². The second-order valence-electron chi connectivity index (χ2n) is 3.50. The standard InChI is InChI=1S/C13H17NO3S.CH5N/c1-14-13(10-15)11-4-6-12(7-5-11)18-17-9-3-8-16-2;1-2/h4-7,10H,3,8-9H2,1-2H3;2H2,1H3. The van der Waals surface area contributed by atoms with Crippen LogP contribution >= 0.6 is 12.0 Å². The number of rotatable bonds is 8. The van der Waals surface area contributed by atoms with Crippen LogP contribution in [0.15, 0.2) is 34.2 Å². The molecule has 0 amide bonds. The van der Waals surface area contributed by atoms with Crippen LogP contribution in [0.2, 0.25) is 0 Å². The minimum absolute atomic E-state index is 0.451. The number of aldehydes is 1. The molecule has 0 heterocycles. The van der Waals surface area contributed by atoms with Crippen molar-refractivity contribution in [3.63, 3.8) is 0 Å². The number of hydrogen-bond donors (Lipinski definition) is 1. The number of nitrogens with zero attached hydrogens (tertiary/aromatic N) is 1. The van der Waals surface area contributed by atoms with Crippen LogP contribution in [0.1, 0.15) is 12.0 Å². The van der Waals surface area contributed by atoms with Gasteiger partial charge in [0.2, 0.25) is 0 Å². The van der Waals surface area contributed by atoms with Gasteiger partial charge in [-0.25, -0.2) is 0 Å². The number of nitrogens with two attached hydrogens (primary N) is 1. The molecule has 6 heteroatoms. The SMILES string of the molecule is CN.CN=C(C=O)c1ccc(SOCCCOC)cc1. The molecule has 1 aromatic rings. The molecule has 112 valence electrons. The van der Waals surface area contributed by atoms with Gasteiger partial charge in [-0.3, -0.25) is 9.79 Å². The maximum atomic E-state index is 10.7. The van der Waals surface area contributed by atoms with Gasteiger partial charge in [-0.2, -0.15) is 0 Å². The molecule has 0 aliphatic carbocycles. The van der Waals surface area contributed by atoms with Gasteiger partial charge in [0, 0.05) is 43.3 Å². The van der Waals surface area contributed by atoms with Crippen LogP contribution in [0.3, 0.4) is 0 Å². The summed E-state index contributed by atoms with van der Waals surface area (Å²) in [4.78, 5) is 15.6. The molecule has 0 aliphatic rings. The summed E-state index contributed by atoms with van der Waals surface area (Å²) in [5.74, 6) is 0. The van der Waals surface area contributed by atoms with Crippen molar-refractivity contribution in [2.75, 3.05) is 34.4 Å². The van der Waals surface area contributed by atoms with E-state index in [0.717, 1.165) is 23.2 Å². The van der Waals surface area contributed by atoms with Gasteiger partial charge in [0.15, 0.2) is 6.29 Å². The molecule has 0 bridgehead atoms. The first kappa shape index (κ1) is 18.8. The van der Waals surface area contributed by atoms with E-state index < -0.39 is 0 Å². The number of carbonyl (C=O) groups excluding carboxylic acids is 1. The highest BCUT2D eigenvalue weighted by atomic mass is 32.2. The molecule has 2 N–H and O–H groups in total. The Balaban J connectivity index is 0.00000172. The largest absolute Gasteiger partial charge is 0.385 e. The summed E-state index contributed by atoms with van der Waals surface area (Å²) in [5, 5.41) is 0. The predicted molar refractivity (Wildman–Crippen MR) is 83.4 cm³/mol. The van der Waals surface area contributed by atoms with Gasteiger partial charge in [0.05, 0.1) is 6.61 Å². The number of benzene rings is 1. The van der Waals surface area contributed by atoms with Gasteiger partial charge in [-0.1, -0.05) is 12.1 Å². The van der Waals surface area contributed by atoms with Gasteiger partial charge in [-0.05, 0) is 25.6 Å². The molecule has 5 nitrogen and oxygen atoms in total. The molecular weight excluding hydrogens is 276 g/mol. The van der Waals surface area contributed by atoms with E-state index >= 15 is 0 Å². The van der Waals surface area contributed by atoms with Crippen molar-refractivity contribution in [2.24, 2.45) is 10.7 Å². The Morgan fingerprint density at radius 1 is 1.30 bits per heavy atom. The van der Waals surface area contributed by atoms with E-state index in [1.807, 2.05) is 24.3 Å². The summed E-state index contributed by atoms with van der Waals surface area (Å²) >= 11 is 1.32. The Hall–Kier alpha value is -1.21. The summed E-state index contributed by atoms with van der Waals surface area (Å²) in [6.45, 7) is 1.35. The quantitative estimate of drug-likeness (QED) is 0.343. The minimum atomic E-state index is 0.451. The van der Waals surface area contributed by atoms with Crippen molar-refractivity contribution < 1.29 is 13.7 Å². The Morgan fingerprint density at radius 3 is 2.45 bits per heavy atom. The average molecular weight is 298 g/mol. The Kier molecular flexibility index (Phi) is 12.0. The molecule has 0 spiro atoms. The Bertz CT molecular complexity index is 394. The van der Waals surface area contributed by atoms with E-state index in [1.165, 1.54) is 19.1 Å². The van der Waals surface area contributed by atoms with Gasteiger partial charge in [-0.15, -0.1) is 0 Å². The number of ether oxygens (including phenoxy) is 1. The third kappa shape index (κ3) is 7.40. The summed E-state index contributed by atoms with van der Waals surface area (Å²) < 4.78 is 10.3. The number of aliphatic imine (C=N–C) groups is 1. The van der Waals surface area contributed by atoms with Gasteiger partial charge < -0.3 is 14.7 Å². The van der Waals surface area contributed by atoms with Gasteiger partial charge in [0.25, 0.3) is 0 Å². The highest BCUT2D eigenvalue weighted by molar-refractivity contribution is 7.94. The van der Waals surface area contributed by atoms with E-state index in [4.69, 9.17) is 8.92 Å². The lowest BCUT2D eigenvalue weighted by atomic mass is 10.1. The fourth-order valence-electron chi connectivity index (χ4n) is 1.30. The molecule has 0 aromatic heterocycles. The normalized spacial score (nSPS) is 10.7. The van der Waals surface area contributed by atoms with Crippen LogP contribution in [0.25, 0.3) is 0 Å². The Labute approximate surface area is 124 Å². The smallest absolute Gasteiger partial charge is 0.168 e. The van der Waals surface area contributed by atoms with Gasteiger partial charge >= 0.3 is 0 Å². The first-order chi connectivity index (χ1) is 9.81. The zero-order valence-corrected chi connectivity index (χ0v) is 13.0. The van der Waals surface area contributed by atoms with E-state index in [2.05, 4.69) is 10.7 Å². The second-order valence-corrected chi connectivity index (χ2v) is 4.38. The van der Waals surface area contributed by atoms with Crippen LogP contribution in [0.5, 0.6) is 0 Å². The molecule has 1 rings (SSSR count). The molecule has 0 unspecified atom stereocenters. The topological polar surface area (TPSA) is 73.9 Å². The van der Waals surface area contributed by atoms with Gasteiger partial charge in [0.1, 0.15) is 5.71 Å². The lowest BCUT2D eigenvalue weighted by Gasteiger charge is -2.03. The minimum Gasteiger partial charge on any atom is -0.385 e. The van der Waals surface area contributed by atoms with Crippen LogP contribution in [0.4, 0.5) is 0 Å². The van der Waals surface area contributed by atoms with E-state index in [1.54, 1.807) is 14.2 Å². The molecule has 0 atom stereocenters. The first-order valence-corrected chi connectivity index (χ1v) is 6.94. The maximum absolute atomic E-state index is 10.7. The average Bonchev–Trinajstić information content (AvgIpc) is 2.52. The zero-order valence-electron chi connectivity index (χ0n) is 12.2. The fraction of sp³-hybridized carbons (Fsp3) is 0.429. The highest BCUT2D eigenvalue weighted by Gasteiger charge is 2.01. The summed E-state index contributed by atoms with van der Waals surface area (Å²) in [5.41, 5.74) is 5.77. The van der Waals surface area contributed by atoms with Crippen molar-refractivity contribution in [1.82, 2.24) is 0 Å². The molecule has 0 saturated heterocycles. The summed E-state index contributed by atoms with van der Waals surface area (Å²) in [6, 6.07) is 7.53. The van der Waals surface area contributed by atoms with E-state index in [9.17, 15) is 4.79 Å². The number of methoxy groups -OCH3 is 1. The maximum Gasteiger partial charge on any atom is 0.168 e. The number of hydrogen-bond acceptors (Lipinski definition) is 6. The lowest BCUT2D eigenvalue weighted by Crippen LogP contribution is -2.01.